The van der Waals surface area contributed by atoms with Crippen LogP contribution in [0.25, 0.3) is 22.3 Å². The van der Waals surface area contributed by atoms with Gasteiger partial charge in [-0.15, -0.1) is 0 Å². The number of benzene rings is 2. The van der Waals surface area contributed by atoms with Gasteiger partial charge in [0.05, 0.1) is 35.7 Å². The van der Waals surface area contributed by atoms with Gasteiger partial charge < -0.3 is 10.1 Å². The maximum absolute atomic E-state index is 11.4. The van der Waals surface area contributed by atoms with E-state index in [1.54, 1.807) is 12.1 Å². The Kier molecular flexibility index (Phi) is 6.06. The van der Waals surface area contributed by atoms with Crippen LogP contribution in [0, 0.1) is 10.1 Å². The molecular formula is C17H6Cl6N2O2. The molecule has 10 heteroatoms. The fraction of sp³-hybridized carbons (Fsp3) is 0. The fourth-order valence-electron chi connectivity index (χ4n) is 2.43. The first-order valence-electron chi connectivity index (χ1n) is 7.14. The summed E-state index contributed by atoms with van der Waals surface area (Å²) in [4.78, 5) is 14.8. The highest BCUT2D eigenvalue weighted by molar-refractivity contribution is 6.50. The van der Waals surface area contributed by atoms with Crippen LogP contribution in [0.3, 0.4) is 0 Å². The van der Waals surface area contributed by atoms with Gasteiger partial charge in [-0.05, 0) is 28.1 Å². The summed E-state index contributed by atoms with van der Waals surface area (Å²) in [7, 11) is 0. The van der Waals surface area contributed by atoms with Crippen molar-refractivity contribution in [2.75, 3.05) is 0 Å². The highest BCUT2D eigenvalue weighted by atomic mass is 35.5. The van der Waals surface area contributed by atoms with E-state index >= 15 is 0 Å². The highest BCUT2D eigenvalue weighted by Crippen LogP contribution is 2.43. The van der Waals surface area contributed by atoms with Crippen molar-refractivity contribution in [3.63, 3.8) is 0 Å². The maximum atomic E-state index is 11.4. The van der Waals surface area contributed by atoms with Gasteiger partial charge in [-0.2, -0.15) is 0 Å². The minimum absolute atomic E-state index is 0.0754. The molecule has 0 unspecified atom stereocenters. The van der Waals surface area contributed by atoms with Crippen LogP contribution >= 0.6 is 69.6 Å². The van der Waals surface area contributed by atoms with Crippen molar-refractivity contribution in [3.8, 4) is 22.3 Å². The van der Waals surface area contributed by atoms with Crippen LogP contribution in [0.15, 0.2) is 36.5 Å². The summed E-state index contributed by atoms with van der Waals surface area (Å²) in [6.45, 7) is 0. The quantitative estimate of drug-likeness (QED) is 0.214. The average Bonchev–Trinajstić information content (AvgIpc) is 2.64. The first-order chi connectivity index (χ1) is 12.7. The fourth-order valence-corrected chi connectivity index (χ4v) is 3.71. The van der Waals surface area contributed by atoms with E-state index in [4.69, 9.17) is 69.6 Å². The molecule has 0 fully saturated rings. The molecule has 0 atom stereocenters. The lowest BCUT2D eigenvalue weighted by Crippen LogP contribution is -1.97. The Labute approximate surface area is 183 Å². The van der Waals surface area contributed by atoms with Gasteiger partial charge in [0.15, 0.2) is 0 Å². The molecule has 0 bridgehead atoms. The third-order valence-corrected chi connectivity index (χ3v) is 6.30. The number of nitro groups is 1. The second-order valence-electron chi connectivity index (χ2n) is 5.30. The van der Waals surface area contributed by atoms with Gasteiger partial charge in [0, 0.05) is 16.7 Å². The van der Waals surface area contributed by atoms with Gasteiger partial charge in [0.1, 0.15) is 6.20 Å². The Bertz CT molecular complexity index is 1090. The normalized spacial score (nSPS) is 10.9. The smallest absolute Gasteiger partial charge is 0.358 e. The second kappa shape index (κ2) is 8.00. The standard InChI is InChI=1S/C17H6Cl6N2O2/c18-11-3-1-8(13(20)15(11)22)7-5-10(17(24-6-7)25(26)27)9-2-4-12(19)16(23)14(9)21/h1-6H. The molecule has 0 saturated carbocycles. The van der Waals surface area contributed by atoms with Crippen LogP contribution in [0.4, 0.5) is 5.82 Å². The van der Waals surface area contributed by atoms with Gasteiger partial charge in [0.25, 0.3) is 0 Å². The van der Waals surface area contributed by atoms with E-state index in [1.807, 2.05) is 0 Å². The minimum Gasteiger partial charge on any atom is -0.358 e. The molecule has 3 rings (SSSR count). The SMILES string of the molecule is O=[N+]([O-])c1ncc(-c2ccc(Cl)c(Cl)c2Cl)cc1-c1ccc(Cl)c(Cl)c1Cl. The van der Waals surface area contributed by atoms with E-state index in [0.29, 0.717) is 16.7 Å². The molecule has 1 aromatic heterocycles. The van der Waals surface area contributed by atoms with Gasteiger partial charge in [-0.3, -0.25) is 0 Å². The van der Waals surface area contributed by atoms with Crippen LogP contribution in [-0.4, -0.2) is 9.91 Å². The first-order valence-corrected chi connectivity index (χ1v) is 9.41. The molecule has 138 valence electrons. The molecule has 0 N–H and O–H groups in total. The van der Waals surface area contributed by atoms with Crippen LogP contribution in [0.2, 0.25) is 30.1 Å². The molecule has 0 aliphatic heterocycles. The van der Waals surface area contributed by atoms with Gasteiger partial charge >= 0.3 is 5.82 Å². The van der Waals surface area contributed by atoms with Crippen molar-refractivity contribution in [1.29, 1.82) is 0 Å². The topological polar surface area (TPSA) is 56.0 Å². The van der Waals surface area contributed by atoms with Crippen LogP contribution < -0.4 is 0 Å². The number of nitrogens with zero attached hydrogens (tertiary/aromatic N) is 2. The van der Waals surface area contributed by atoms with E-state index in [1.165, 1.54) is 24.4 Å². The zero-order valence-electron chi connectivity index (χ0n) is 12.9. The Morgan fingerprint density at radius 2 is 1.26 bits per heavy atom. The number of halogens is 6. The summed E-state index contributed by atoms with van der Waals surface area (Å²) in [6.07, 6.45) is 1.32. The van der Waals surface area contributed by atoms with Crippen molar-refractivity contribution in [2.24, 2.45) is 0 Å². The molecule has 3 aromatic rings. The molecule has 27 heavy (non-hydrogen) atoms. The number of hydrogen-bond acceptors (Lipinski definition) is 3. The lowest BCUT2D eigenvalue weighted by atomic mass is 10.0. The van der Waals surface area contributed by atoms with Gasteiger partial charge in [-0.25, -0.2) is 0 Å². The van der Waals surface area contributed by atoms with E-state index in [0.717, 1.165) is 0 Å². The van der Waals surface area contributed by atoms with Crippen LogP contribution in [0.1, 0.15) is 0 Å². The van der Waals surface area contributed by atoms with E-state index in [2.05, 4.69) is 4.98 Å². The number of pyridine rings is 1. The molecule has 0 saturated heterocycles. The van der Waals surface area contributed by atoms with E-state index in [-0.39, 0.29) is 35.7 Å². The van der Waals surface area contributed by atoms with E-state index < -0.39 is 10.7 Å². The zero-order chi connectivity index (χ0) is 19.9. The van der Waals surface area contributed by atoms with Crippen LogP contribution in [-0.2, 0) is 0 Å². The number of hydrogen-bond donors (Lipinski definition) is 0. The molecule has 1 heterocycles. The molecule has 4 nitrogen and oxygen atoms in total. The maximum Gasteiger partial charge on any atom is 0.371 e. The number of aromatic nitrogens is 1. The summed E-state index contributed by atoms with van der Waals surface area (Å²) < 4.78 is 0. The molecule has 0 aliphatic carbocycles. The average molecular weight is 483 g/mol. The Morgan fingerprint density at radius 1 is 0.741 bits per heavy atom. The molecule has 0 amide bonds. The second-order valence-corrected chi connectivity index (χ2v) is 7.62. The largest absolute Gasteiger partial charge is 0.371 e. The molecule has 0 radical (unpaired) electrons. The number of rotatable bonds is 3. The lowest BCUT2D eigenvalue weighted by molar-refractivity contribution is -0.388. The van der Waals surface area contributed by atoms with Gasteiger partial charge in [0.2, 0.25) is 0 Å². The summed E-state index contributed by atoms with van der Waals surface area (Å²) >= 11 is 36.6. The summed E-state index contributed by atoms with van der Waals surface area (Å²) in [5.74, 6) is -0.393. The third-order valence-electron chi connectivity index (χ3n) is 3.71. The van der Waals surface area contributed by atoms with Crippen molar-refractivity contribution in [1.82, 2.24) is 4.98 Å². The minimum atomic E-state index is -0.617. The lowest BCUT2D eigenvalue weighted by Gasteiger charge is -2.11. The molecular weight excluding hydrogens is 477 g/mol. The Morgan fingerprint density at radius 3 is 1.81 bits per heavy atom. The third kappa shape index (κ3) is 3.83. The van der Waals surface area contributed by atoms with Crippen molar-refractivity contribution < 1.29 is 4.92 Å². The molecule has 0 aliphatic rings. The Hall–Kier alpha value is -1.27. The predicted octanol–water partition coefficient (Wildman–Crippen LogP) is 8.24. The van der Waals surface area contributed by atoms with Gasteiger partial charge in [-0.1, -0.05) is 81.7 Å². The van der Waals surface area contributed by atoms with Crippen molar-refractivity contribution >= 4 is 75.4 Å². The van der Waals surface area contributed by atoms with Crippen LogP contribution in [0.5, 0.6) is 0 Å². The van der Waals surface area contributed by atoms with E-state index in [9.17, 15) is 10.1 Å². The Balaban J connectivity index is 2.29. The molecule has 2 aromatic carbocycles. The highest BCUT2D eigenvalue weighted by Gasteiger charge is 2.23. The monoisotopic (exact) mass is 480 g/mol. The van der Waals surface area contributed by atoms with Crippen molar-refractivity contribution in [3.05, 3.63) is 76.8 Å². The zero-order valence-corrected chi connectivity index (χ0v) is 17.5. The predicted molar refractivity (Wildman–Crippen MR) is 112 cm³/mol. The summed E-state index contributed by atoms with van der Waals surface area (Å²) in [5, 5.41) is 12.5. The summed E-state index contributed by atoms with van der Waals surface area (Å²) in [5.41, 5.74) is 1.46. The summed E-state index contributed by atoms with van der Waals surface area (Å²) in [6, 6.07) is 7.76. The first kappa shape index (κ1) is 20.5. The molecule has 0 spiro atoms. The van der Waals surface area contributed by atoms with Crippen molar-refractivity contribution in [2.45, 2.75) is 0 Å².